The van der Waals surface area contributed by atoms with Crippen molar-refractivity contribution in [2.45, 2.75) is 12.8 Å². The largest absolute Gasteiger partial charge is 0.481 e. The highest BCUT2D eigenvalue weighted by atomic mass is 19.1. The Balaban J connectivity index is 1.92. The monoisotopic (exact) mass is 240 g/mol. The average Bonchev–Trinajstić information content (AvgIpc) is 2.39. The quantitative estimate of drug-likeness (QED) is 0.875. The summed E-state index contributed by atoms with van der Waals surface area (Å²) in [5, 5.41) is 3.04. The molecule has 0 radical (unpaired) electrons. The van der Waals surface area contributed by atoms with Crippen molar-refractivity contribution in [3.63, 3.8) is 0 Å². The second kappa shape index (κ2) is 5.82. The van der Waals surface area contributed by atoms with Crippen molar-refractivity contribution < 1.29 is 13.9 Å². The lowest BCUT2D eigenvalue weighted by Crippen LogP contribution is -2.23. The number of aromatic nitrogens is 1. The lowest BCUT2D eigenvalue weighted by atomic mass is 10.0. The minimum atomic E-state index is -0.349. The van der Waals surface area contributed by atoms with Crippen LogP contribution >= 0.6 is 0 Å². The first-order chi connectivity index (χ1) is 8.29. The van der Waals surface area contributed by atoms with E-state index in [1.165, 1.54) is 19.2 Å². The van der Waals surface area contributed by atoms with Crippen LogP contribution in [0.15, 0.2) is 12.1 Å². The van der Waals surface area contributed by atoms with Gasteiger partial charge in [0.05, 0.1) is 7.11 Å². The van der Waals surface area contributed by atoms with E-state index >= 15 is 0 Å². The number of methoxy groups -OCH3 is 1. The van der Waals surface area contributed by atoms with E-state index in [1.807, 2.05) is 0 Å². The molecular formula is C12H17FN2O2. The molecule has 0 unspecified atom stereocenters. The van der Waals surface area contributed by atoms with Gasteiger partial charge in [0.15, 0.2) is 11.6 Å². The van der Waals surface area contributed by atoms with Crippen LogP contribution in [0, 0.1) is 11.7 Å². The molecule has 17 heavy (non-hydrogen) atoms. The SMILES string of the molecule is COc1ccc(F)c(NCC2CCOCC2)n1. The molecule has 5 heteroatoms. The van der Waals surface area contributed by atoms with Gasteiger partial charge in [-0.25, -0.2) is 4.39 Å². The molecule has 0 amide bonds. The fourth-order valence-corrected chi connectivity index (χ4v) is 1.85. The number of ether oxygens (including phenoxy) is 2. The van der Waals surface area contributed by atoms with Crippen molar-refractivity contribution in [1.82, 2.24) is 4.98 Å². The Labute approximate surface area is 100 Å². The second-order valence-corrected chi connectivity index (χ2v) is 4.12. The molecule has 1 aliphatic rings. The lowest BCUT2D eigenvalue weighted by Gasteiger charge is -2.22. The fourth-order valence-electron chi connectivity index (χ4n) is 1.85. The van der Waals surface area contributed by atoms with E-state index < -0.39 is 0 Å². The van der Waals surface area contributed by atoms with E-state index in [0.717, 1.165) is 32.6 Å². The number of rotatable bonds is 4. The smallest absolute Gasteiger partial charge is 0.215 e. The van der Waals surface area contributed by atoms with Crippen LogP contribution in [0.5, 0.6) is 5.88 Å². The number of nitrogens with zero attached hydrogens (tertiary/aromatic N) is 1. The molecule has 2 rings (SSSR count). The topological polar surface area (TPSA) is 43.4 Å². The van der Waals surface area contributed by atoms with Gasteiger partial charge in [-0.15, -0.1) is 0 Å². The Morgan fingerprint density at radius 2 is 2.24 bits per heavy atom. The Kier molecular flexibility index (Phi) is 4.14. The zero-order chi connectivity index (χ0) is 12.1. The molecule has 2 heterocycles. The molecule has 94 valence electrons. The lowest BCUT2D eigenvalue weighted by molar-refractivity contribution is 0.0699. The highest BCUT2D eigenvalue weighted by molar-refractivity contribution is 5.39. The predicted molar refractivity (Wildman–Crippen MR) is 62.8 cm³/mol. The molecule has 4 nitrogen and oxygen atoms in total. The molecule has 0 aliphatic carbocycles. The first-order valence-corrected chi connectivity index (χ1v) is 5.81. The van der Waals surface area contributed by atoms with Gasteiger partial charge in [0.2, 0.25) is 5.88 Å². The zero-order valence-electron chi connectivity index (χ0n) is 9.91. The summed E-state index contributed by atoms with van der Waals surface area (Å²) in [6, 6.07) is 2.87. The van der Waals surface area contributed by atoms with E-state index in [1.54, 1.807) is 0 Å². The van der Waals surface area contributed by atoms with Gasteiger partial charge < -0.3 is 14.8 Å². The van der Waals surface area contributed by atoms with Crippen LogP contribution in [0.3, 0.4) is 0 Å². The number of pyridine rings is 1. The molecule has 1 aromatic heterocycles. The van der Waals surface area contributed by atoms with Crippen LogP contribution in [-0.2, 0) is 4.74 Å². The third kappa shape index (κ3) is 3.30. The summed E-state index contributed by atoms with van der Waals surface area (Å²) in [4.78, 5) is 4.04. The van der Waals surface area contributed by atoms with Crippen LogP contribution < -0.4 is 10.1 Å². The number of hydrogen-bond acceptors (Lipinski definition) is 4. The van der Waals surface area contributed by atoms with Gasteiger partial charge in [-0.3, -0.25) is 0 Å². The van der Waals surface area contributed by atoms with Crippen LogP contribution in [0.25, 0.3) is 0 Å². The first kappa shape index (κ1) is 12.1. The number of anilines is 1. The van der Waals surface area contributed by atoms with E-state index in [4.69, 9.17) is 9.47 Å². The van der Waals surface area contributed by atoms with Crippen LogP contribution in [0.2, 0.25) is 0 Å². The van der Waals surface area contributed by atoms with Crippen molar-refractivity contribution in [2.75, 3.05) is 32.2 Å². The van der Waals surface area contributed by atoms with Gasteiger partial charge in [0, 0.05) is 25.8 Å². The van der Waals surface area contributed by atoms with E-state index in [2.05, 4.69) is 10.3 Å². The van der Waals surface area contributed by atoms with Crippen LogP contribution in [-0.4, -0.2) is 31.9 Å². The Morgan fingerprint density at radius 3 is 2.94 bits per heavy atom. The molecule has 0 atom stereocenters. The van der Waals surface area contributed by atoms with Gasteiger partial charge in [-0.1, -0.05) is 0 Å². The van der Waals surface area contributed by atoms with Gasteiger partial charge in [0.25, 0.3) is 0 Å². The van der Waals surface area contributed by atoms with Gasteiger partial charge in [-0.2, -0.15) is 4.98 Å². The fraction of sp³-hybridized carbons (Fsp3) is 0.583. The Hall–Kier alpha value is -1.36. The first-order valence-electron chi connectivity index (χ1n) is 5.81. The highest BCUT2D eigenvalue weighted by Crippen LogP contribution is 2.19. The number of hydrogen-bond donors (Lipinski definition) is 1. The molecular weight excluding hydrogens is 223 g/mol. The van der Waals surface area contributed by atoms with Gasteiger partial charge in [0.1, 0.15) is 0 Å². The molecule has 1 aliphatic heterocycles. The van der Waals surface area contributed by atoms with Gasteiger partial charge in [-0.05, 0) is 24.8 Å². The average molecular weight is 240 g/mol. The highest BCUT2D eigenvalue weighted by Gasteiger charge is 2.14. The summed E-state index contributed by atoms with van der Waals surface area (Å²) in [7, 11) is 1.52. The maximum Gasteiger partial charge on any atom is 0.215 e. The number of nitrogens with one attached hydrogen (secondary N) is 1. The summed E-state index contributed by atoms with van der Waals surface area (Å²) < 4.78 is 23.7. The molecule has 0 spiro atoms. The van der Waals surface area contributed by atoms with Crippen molar-refractivity contribution in [2.24, 2.45) is 5.92 Å². The minimum Gasteiger partial charge on any atom is -0.481 e. The van der Waals surface area contributed by atoms with Crippen molar-refractivity contribution in [3.8, 4) is 5.88 Å². The van der Waals surface area contributed by atoms with E-state index in [-0.39, 0.29) is 11.6 Å². The summed E-state index contributed by atoms with van der Waals surface area (Å²) in [6.07, 6.45) is 2.02. The number of halogens is 1. The van der Waals surface area contributed by atoms with Crippen molar-refractivity contribution in [3.05, 3.63) is 17.9 Å². The van der Waals surface area contributed by atoms with Crippen molar-refractivity contribution in [1.29, 1.82) is 0 Å². The summed E-state index contributed by atoms with van der Waals surface area (Å²) in [5.74, 6) is 0.853. The standard InChI is InChI=1S/C12H17FN2O2/c1-16-11-3-2-10(13)12(15-11)14-8-9-4-6-17-7-5-9/h2-3,9H,4-8H2,1H3,(H,14,15). The minimum absolute atomic E-state index is 0.260. The normalized spacial score (nSPS) is 16.8. The zero-order valence-corrected chi connectivity index (χ0v) is 9.91. The molecule has 0 aromatic carbocycles. The van der Waals surface area contributed by atoms with E-state index in [0.29, 0.717) is 11.8 Å². The van der Waals surface area contributed by atoms with E-state index in [9.17, 15) is 4.39 Å². The molecule has 1 saturated heterocycles. The molecule has 1 aromatic rings. The van der Waals surface area contributed by atoms with Crippen molar-refractivity contribution >= 4 is 5.82 Å². The Bertz CT molecular complexity index is 368. The second-order valence-electron chi connectivity index (χ2n) is 4.12. The molecule has 1 N–H and O–H groups in total. The Morgan fingerprint density at radius 1 is 1.47 bits per heavy atom. The molecule has 1 fully saturated rings. The predicted octanol–water partition coefficient (Wildman–Crippen LogP) is 2.07. The summed E-state index contributed by atoms with van der Waals surface area (Å²) >= 11 is 0. The maximum atomic E-state index is 13.5. The van der Waals surface area contributed by atoms with Crippen LogP contribution in [0.1, 0.15) is 12.8 Å². The third-order valence-corrected chi connectivity index (χ3v) is 2.93. The third-order valence-electron chi connectivity index (χ3n) is 2.93. The van der Waals surface area contributed by atoms with Crippen LogP contribution in [0.4, 0.5) is 10.2 Å². The molecule has 0 saturated carbocycles. The summed E-state index contributed by atoms with van der Waals surface area (Å²) in [5.41, 5.74) is 0. The maximum absolute atomic E-state index is 13.5. The molecule has 0 bridgehead atoms. The summed E-state index contributed by atoms with van der Waals surface area (Å²) in [6.45, 7) is 2.31. The van der Waals surface area contributed by atoms with Gasteiger partial charge >= 0.3 is 0 Å².